The van der Waals surface area contributed by atoms with E-state index >= 15 is 4.39 Å². The number of methoxy groups -OCH3 is 2. The number of esters is 1. The standard InChI is InChI=1S/C29H31ClFNO5/c1-6-15(2)37-29(34)25-16(3)32-21-12-18(17-10-11-23(35-4)24(14-17)36-5)13-22(33)27(21)28(25)26-19(30)8-7-9-20(26)31/h7-11,14-15,18,28,32H,6,12-13H2,1-5H3/t15-,18-,28+/m1/s1. The third kappa shape index (κ3) is 5.10. The number of ether oxygens (including phenoxy) is 3. The fourth-order valence-electron chi connectivity index (χ4n) is 5.06. The van der Waals surface area contributed by atoms with E-state index in [0.717, 1.165) is 5.56 Å². The molecule has 2 aliphatic rings. The Morgan fingerprint density at radius 3 is 2.54 bits per heavy atom. The normalized spacial score (nSPS) is 20.2. The van der Waals surface area contributed by atoms with E-state index in [9.17, 15) is 9.59 Å². The van der Waals surface area contributed by atoms with Crippen LogP contribution in [0, 0.1) is 5.82 Å². The second-order valence-corrected chi connectivity index (χ2v) is 9.80. The fourth-order valence-corrected chi connectivity index (χ4v) is 5.33. The van der Waals surface area contributed by atoms with Crippen LogP contribution in [-0.4, -0.2) is 32.1 Å². The molecule has 3 atom stereocenters. The first-order valence-electron chi connectivity index (χ1n) is 12.3. The van der Waals surface area contributed by atoms with E-state index in [-0.39, 0.29) is 40.4 Å². The number of benzene rings is 2. The molecular formula is C29H31ClFNO5. The number of halogens is 2. The summed E-state index contributed by atoms with van der Waals surface area (Å²) in [4.78, 5) is 27.1. The highest BCUT2D eigenvalue weighted by Crippen LogP contribution is 2.48. The maximum Gasteiger partial charge on any atom is 0.337 e. The zero-order valence-corrected chi connectivity index (χ0v) is 22.4. The van der Waals surface area contributed by atoms with E-state index in [1.54, 1.807) is 34.1 Å². The molecule has 0 fully saturated rings. The van der Waals surface area contributed by atoms with Crippen molar-refractivity contribution in [1.29, 1.82) is 0 Å². The molecule has 1 aliphatic heterocycles. The fraction of sp³-hybridized carbons (Fsp3) is 0.379. The van der Waals surface area contributed by atoms with Crippen LogP contribution in [0.4, 0.5) is 4.39 Å². The van der Waals surface area contributed by atoms with Crippen LogP contribution in [0.2, 0.25) is 5.02 Å². The molecule has 2 aromatic rings. The molecule has 1 heterocycles. The first-order valence-corrected chi connectivity index (χ1v) is 12.7. The van der Waals surface area contributed by atoms with Crippen molar-refractivity contribution in [2.45, 2.75) is 58.0 Å². The van der Waals surface area contributed by atoms with Gasteiger partial charge in [0.15, 0.2) is 17.3 Å². The van der Waals surface area contributed by atoms with Gasteiger partial charge in [-0.15, -0.1) is 0 Å². The molecule has 0 unspecified atom stereocenters. The minimum atomic E-state index is -0.972. The Hall–Kier alpha value is -3.32. The number of Topliss-reactive ketones (excluding diaryl/α,β-unsaturated/α-hetero) is 1. The number of nitrogens with one attached hydrogen (secondary N) is 1. The Kier molecular flexibility index (Phi) is 7.93. The number of hydrogen-bond acceptors (Lipinski definition) is 6. The van der Waals surface area contributed by atoms with Crippen LogP contribution in [0.15, 0.2) is 58.9 Å². The van der Waals surface area contributed by atoms with Gasteiger partial charge in [0.2, 0.25) is 0 Å². The highest BCUT2D eigenvalue weighted by molar-refractivity contribution is 6.31. The second kappa shape index (κ2) is 11.0. The summed E-state index contributed by atoms with van der Waals surface area (Å²) in [6.45, 7) is 5.44. The molecule has 37 heavy (non-hydrogen) atoms. The third-order valence-electron chi connectivity index (χ3n) is 7.10. The molecule has 6 nitrogen and oxygen atoms in total. The second-order valence-electron chi connectivity index (χ2n) is 9.39. The molecule has 1 aliphatic carbocycles. The summed E-state index contributed by atoms with van der Waals surface area (Å²) in [6.07, 6.45) is 0.961. The topological polar surface area (TPSA) is 73.9 Å². The van der Waals surface area contributed by atoms with Crippen LogP contribution in [0.1, 0.15) is 63.0 Å². The van der Waals surface area contributed by atoms with E-state index in [4.69, 9.17) is 25.8 Å². The largest absolute Gasteiger partial charge is 0.493 e. The monoisotopic (exact) mass is 527 g/mol. The number of allylic oxidation sites excluding steroid dienone is 3. The van der Waals surface area contributed by atoms with E-state index in [1.807, 2.05) is 25.1 Å². The summed E-state index contributed by atoms with van der Waals surface area (Å²) in [5.74, 6) is -1.29. The van der Waals surface area contributed by atoms with Gasteiger partial charge in [0.05, 0.1) is 31.8 Å². The van der Waals surface area contributed by atoms with Gasteiger partial charge in [0.1, 0.15) is 5.82 Å². The average Bonchev–Trinajstić information content (AvgIpc) is 2.87. The Bertz CT molecular complexity index is 1280. The lowest BCUT2D eigenvalue weighted by atomic mass is 9.71. The summed E-state index contributed by atoms with van der Waals surface area (Å²) in [5, 5.41) is 3.42. The maximum atomic E-state index is 15.3. The molecule has 2 aromatic carbocycles. The maximum absolute atomic E-state index is 15.3. The van der Waals surface area contributed by atoms with E-state index < -0.39 is 17.7 Å². The summed E-state index contributed by atoms with van der Waals surface area (Å²) in [5.41, 5.74) is 2.74. The Morgan fingerprint density at radius 1 is 1.16 bits per heavy atom. The molecule has 4 rings (SSSR count). The van der Waals surface area contributed by atoms with Gasteiger partial charge in [0, 0.05) is 34.0 Å². The zero-order valence-electron chi connectivity index (χ0n) is 21.6. The molecular weight excluding hydrogens is 497 g/mol. The van der Waals surface area contributed by atoms with Gasteiger partial charge < -0.3 is 19.5 Å². The van der Waals surface area contributed by atoms with Crippen molar-refractivity contribution in [2.24, 2.45) is 0 Å². The molecule has 196 valence electrons. The predicted molar refractivity (Wildman–Crippen MR) is 139 cm³/mol. The number of carbonyl (C=O) groups is 2. The van der Waals surface area contributed by atoms with Crippen LogP contribution in [-0.2, 0) is 14.3 Å². The van der Waals surface area contributed by atoms with Crippen LogP contribution in [0.3, 0.4) is 0 Å². The van der Waals surface area contributed by atoms with Crippen molar-refractivity contribution < 1.29 is 28.2 Å². The van der Waals surface area contributed by atoms with Gasteiger partial charge in [0.25, 0.3) is 0 Å². The van der Waals surface area contributed by atoms with Crippen molar-refractivity contribution in [1.82, 2.24) is 5.32 Å². The number of carbonyl (C=O) groups excluding carboxylic acids is 2. The van der Waals surface area contributed by atoms with Crippen LogP contribution in [0.25, 0.3) is 0 Å². The number of dihydropyridines is 1. The minimum Gasteiger partial charge on any atom is -0.493 e. The summed E-state index contributed by atoms with van der Waals surface area (Å²) >= 11 is 6.48. The molecule has 0 aromatic heterocycles. The van der Waals surface area contributed by atoms with Crippen LogP contribution in [0.5, 0.6) is 11.5 Å². The van der Waals surface area contributed by atoms with Crippen molar-refractivity contribution in [3.8, 4) is 11.5 Å². The Labute approximate surface area is 221 Å². The molecule has 0 amide bonds. The number of rotatable bonds is 7. The van der Waals surface area contributed by atoms with Gasteiger partial charge in [-0.05, 0) is 62.4 Å². The number of hydrogen-bond donors (Lipinski definition) is 1. The summed E-state index contributed by atoms with van der Waals surface area (Å²) < 4.78 is 31.7. The molecule has 8 heteroatoms. The van der Waals surface area contributed by atoms with Gasteiger partial charge in [-0.25, -0.2) is 9.18 Å². The summed E-state index contributed by atoms with van der Waals surface area (Å²) in [6, 6.07) is 9.95. The average molecular weight is 528 g/mol. The highest BCUT2D eigenvalue weighted by atomic mass is 35.5. The van der Waals surface area contributed by atoms with Gasteiger partial charge >= 0.3 is 5.97 Å². The van der Waals surface area contributed by atoms with Crippen molar-refractivity contribution in [2.75, 3.05) is 14.2 Å². The van der Waals surface area contributed by atoms with Crippen LogP contribution >= 0.6 is 11.6 Å². The predicted octanol–water partition coefficient (Wildman–Crippen LogP) is 6.20. The van der Waals surface area contributed by atoms with Crippen molar-refractivity contribution in [3.05, 3.63) is 80.9 Å². The first-order chi connectivity index (χ1) is 17.7. The lowest BCUT2D eigenvalue weighted by Gasteiger charge is -2.37. The quantitative estimate of drug-likeness (QED) is 0.432. The Morgan fingerprint density at radius 2 is 1.89 bits per heavy atom. The smallest absolute Gasteiger partial charge is 0.337 e. The molecule has 0 radical (unpaired) electrons. The SMILES string of the molecule is CC[C@@H](C)OC(=O)C1=C(C)NC2=C(C(=O)C[C@H](c3ccc(OC)c(OC)c3)C2)[C@@H]1c1c(F)cccc1Cl. The minimum absolute atomic E-state index is 0.103. The van der Waals surface area contributed by atoms with Gasteiger partial charge in [-0.3, -0.25) is 4.79 Å². The van der Waals surface area contributed by atoms with E-state index in [2.05, 4.69) is 5.32 Å². The lowest BCUT2D eigenvalue weighted by molar-refractivity contribution is -0.144. The van der Waals surface area contributed by atoms with Crippen molar-refractivity contribution >= 4 is 23.4 Å². The lowest BCUT2D eigenvalue weighted by Crippen LogP contribution is -2.37. The summed E-state index contributed by atoms with van der Waals surface area (Å²) in [7, 11) is 3.13. The van der Waals surface area contributed by atoms with E-state index in [1.165, 1.54) is 12.1 Å². The number of ketones is 1. The third-order valence-corrected chi connectivity index (χ3v) is 7.43. The molecule has 0 bridgehead atoms. The Balaban J connectivity index is 1.81. The van der Waals surface area contributed by atoms with E-state index in [0.29, 0.717) is 41.3 Å². The molecule has 1 N–H and O–H groups in total. The van der Waals surface area contributed by atoms with Gasteiger partial charge in [-0.2, -0.15) is 0 Å². The molecule has 0 saturated carbocycles. The zero-order chi connectivity index (χ0) is 26.9. The molecule has 0 spiro atoms. The van der Waals surface area contributed by atoms with Crippen LogP contribution < -0.4 is 14.8 Å². The first kappa shape index (κ1) is 26.7. The molecule has 0 saturated heterocycles. The van der Waals surface area contributed by atoms with Crippen molar-refractivity contribution in [3.63, 3.8) is 0 Å². The van der Waals surface area contributed by atoms with Gasteiger partial charge in [-0.1, -0.05) is 30.7 Å². The highest BCUT2D eigenvalue weighted by Gasteiger charge is 2.43.